The predicted molar refractivity (Wildman–Crippen MR) is 70.0 cm³/mol. The summed E-state index contributed by atoms with van der Waals surface area (Å²) < 4.78 is 37.6. The summed E-state index contributed by atoms with van der Waals surface area (Å²) in [5.41, 5.74) is -0.361. The van der Waals surface area contributed by atoms with Gasteiger partial charge in [0.25, 0.3) is 0 Å². The molecule has 2 aliphatic rings. The molecule has 0 radical (unpaired) electrons. The van der Waals surface area contributed by atoms with Crippen molar-refractivity contribution in [2.24, 2.45) is 5.92 Å². The molecule has 0 aromatic heterocycles. The Morgan fingerprint density at radius 2 is 2.05 bits per heavy atom. The first-order valence-electron chi connectivity index (χ1n) is 7.11. The third-order valence-electron chi connectivity index (χ3n) is 4.31. The Morgan fingerprint density at radius 1 is 1.37 bits per heavy atom. The molecular formula is C14H23F3N2. The van der Waals surface area contributed by atoms with Gasteiger partial charge in [0, 0.05) is 30.7 Å². The zero-order valence-corrected chi connectivity index (χ0v) is 11.6. The smallest absolute Gasteiger partial charge is 0.314 e. The Labute approximate surface area is 113 Å². The lowest BCUT2D eigenvalue weighted by molar-refractivity contribution is -0.0965. The summed E-state index contributed by atoms with van der Waals surface area (Å²) in [5.74, 6) is 0.460. The third kappa shape index (κ3) is 4.21. The van der Waals surface area contributed by atoms with Crippen molar-refractivity contribution in [2.45, 2.75) is 51.4 Å². The Bertz CT molecular complexity index is 334. The van der Waals surface area contributed by atoms with Gasteiger partial charge in [0.1, 0.15) is 0 Å². The highest BCUT2D eigenvalue weighted by Gasteiger charge is 2.35. The van der Waals surface area contributed by atoms with Gasteiger partial charge in [0.05, 0.1) is 0 Å². The fourth-order valence-electron chi connectivity index (χ4n) is 2.48. The summed E-state index contributed by atoms with van der Waals surface area (Å²) >= 11 is 0. The highest BCUT2D eigenvalue weighted by molar-refractivity contribution is 5.13. The van der Waals surface area contributed by atoms with Gasteiger partial charge in [-0.25, -0.2) is 0 Å². The molecule has 5 heteroatoms. The molecule has 2 rings (SSSR count). The molecule has 1 aliphatic heterocycles. The number of nitrogens with zero attached hydrogens (tertiary/aromatic N) is 1. The van der Waals surface area contributed by atoms with Gasteiger partial charge in [0.2, 0.25) is 0 Å². The van der Waals surface area contributed by atoms with E-state index in [1.54, 1.807) is 0 Å². The lowest BCUT2D eigenvalue weighted by Gasteiger charge is -2.35. The van der Waals surface area contributed by atoms with Crippen LogP contribution in [0.15, 0.2) is 11.6 Å². The van der Waals surface area contributed by atoms with E-state index >= 15 is 0 Å². The van der Waals surface area contributed by atoms with Crippen LogP contribution in [-0.4, -0.2) is 42.8 Å². The van der Waals surface area contributed by atoms with Crippen molar-refractivity contribution in [3.63, 3.8) is 0 Å². The maximum Gasteiger partial charge on any atom is 0.412 e. The van der Waals surface area contributed by atoms with E-state index in [1.165, 1.54) is 18.9 Å². The van der Waals surface area contributed by atoms with Crippen LogP contribution in [0.4, 0.5) is 13.2 Å². The van der Waals surface area contributed by atoms with E-state index in [0.717, 1.165) is 6.54 Å². The van der Waals surface area contributed by atoms with Crippen LogP contribution in [0.25, 0.3) is 0 Å². The Morgan fingerprint density at radius 3 is 2.53 bits per heavy atom. The van der Waals surface area contributed by atoms with Crippen LogP contribution in [0.2, 0.25) is 0 Å². The molecule has 1 N–H and O–H groups in total. The molecule has 0 spiro atoms. The van der Waals surface area contributed by atoms with Crippen molar-refractivity contribution in [1.29, 1.82) is 0 Å². The average molecular weight is 276 g/mol. The highest BCUT2D eigenvalue weighted by Crippen LogP contribution is 2.31. The summed E-state index contributed by atoms with van der Waals surface area (Å²) in [6.07, 6.45) is -0.142. The lowest BCUT2D eigenvalue weighted by atomic mass is 9.99. The fraction of sp³-hybridized carbons (Fsp3) is 0.857. The van der Waals surface area contributed by atoms with E-state index in [4.69, 9.17) is 0 Å². The molecule has 2 atom stereocenters. The van der Waals surface area contributed by atoms with E-state index in [2.05, 4.69) is 24.1 Å². The molecule has 0 amide bonds. The van der Waals surface area contributed by atoms with Gasteiger partial charge in [-0.05, 0) is 38.6 Å². The van der Waals surface area contributed by atoms with E-state index in [0.29, 0.717) is 31.1 Å². The summed E-state index contributed by atoms with van der Waals surface area (Å²) in [5, 5.41) is 3.49. The molecule has 1 heterocycles. The second-order valence-electron chi connectivity index (χ2n) is 5.87. The molecule has 0 aromatic rings. The molecule has 19 heavy (non-hydrogen) atoms. The van der Waals surface area contributed by atoms with Crippen LogP contribution in [-0.2, 0) is 0 Å². The quantitative estimate of drug-likeness (QED) is 0.777. The first kappa shape index (κ1) is 14.9. The predicted octanol–water partition coefficient (Wildman–Crippen LogP) is 2.96. The van der Waals surface area contributed by atoms with E-state index in [9.17, 15) is 13.2 Å². The van der Waals surface area contributed by atoms with Gasteiger partial charge in [0.15, 0.2) is 0 Å². The molecule has 2 unspecified atom stereocenters. The van der Waals surface area contributed by atoms with Crippen molar-refractivity contribution in [1.82, 2.24) is 10.2 Å². The molecule has 0 saturated heterocycles. The largest absolute Gasteiger partial charge is 0.412 e. The maximum absolute atomic E-state index is 12.5. The van der Waals surface area contributed by atoms with Gasteiger partial charge in [-0.15, -0.1) is 0 Å². The molecule has 2 nitrogen and oxygen atoms in total. The second-order valence-corrected chi connectivity index (χ2v) is 5.87. The van der Waals surface area contributed by atoms with Crippen molar-refractivity contribution >= 4 is 0 Å². The second kappa shape index (κ2) is 5.83. The number of hydrogen-bond acceptors (Lipinski definition) is 2. The molecule has 0 bridgehead atoms. The minimum Gasteiger partial charge on any atom is -0.314 e. The number of hydrogen-bond donors (Lipinski definition) is 1. The molecule has 1 fully saturated rings. The SMILES string of the molecule is CC(CNC1CC1)C(C)N1CC=C(C(F)(F)F)CC1. The summed E-state index contributed by atoms with van der Waals surface area (Å²) in [7, 11) is 0. The Kier molecular flexibility index (Phi) is 4.56. The summed E-state index contributed by atoms with van der Waals surface area (Å²) in [6, 6.07) is 1.00. The minimum atomic E-state index is -4.14. The van der Waals surface area contributed by atoms with Crippen molar-refractivity contribution < 1.29 is 13.2 Å². The van der Waals surface area contributed by atoms with Crippen LogP contribution in [0, 0.1) is 5.92 Å². The first-order chi connectivity index (χ1) is 8.88. The van der Waals surface area contributed by atoms with Crippen LogP contribution in [0.5, 0.6) is 0 Å². The van der Waals surface area contributed by atoms with Crippen LogP contribution in [0.1, 0.15) is 33.1 Å². The van der Waals surface area contributed by atoms with E-state index in [1.807, 2.05) is 0 Å². The molecule has 1 saturated carbocycles. The van der Waals surface area contributed by atoms with Crippen LogP contribution in [0.3, 0.4) is 0 Å². The summed E-state index contributed by atoms with van der Waals surface area (Å²) in [4.78, 5) is 2.15. The van der Waals surface area contributed by atoms with Crippen LogP contribution >= 0.6 is 0 Å². The monoisotopic (exact) mass is 276 g/mol. The normalized spacial score (nSPS) is 25.0. The van der Waals surface area contributed by atoms with E-state index in [-0.39, 0.29) is 12.0 Å². The summed E-state index contributed by atoms with van der Waals surface area (Å²) in [6.45, 7) is 6.18. The van der Waals surface area contributed by atoms with Gasteiger partial charge < -0.3 is 5.32 Å². The van der Waals surface area contributed by atoms with E-state index < -0.39 is 6.18 Å². The zero-order valence-electron chi connectivity index (χ0n) is 11.6. The first-order valence-corrected chi connectivity index (χ1v) is 7.11. The minimum absolute atomic E-state index is 0.122. The van der Waals surface area contributed by atoms with Gasteiger partial charge in [-0.1, -0.05) is 13.0 Å². The standard InChI is InChI=1S/C14H23F3N2/c1-10(9-18-13-3-4-13)11(2)19-7-5-12(6-8-19)14(15,16)17/h5,10-11,13,18H,3-4,6-9H2,1-2H3. The lowest BCUT2D eigenvalue weighted by Crippen LogP contribution is -2.44. The topological polar surface area (TPSA) is 15.3 Å². The van der Waals surface area contributed by atoms with Crippen molar-refractivity contribution in [3.8, 4) is 0 Å². The Balaban J connectivity index is 1.80. The molecular weight excluding hydrogens is 253 g/mol. The Hall–Kier alpha value is -0.550. The van der Waals surface area contributed by atoms with Crippen molar-refractivity contribution in [2.75, 3.05) is 19.6 Å². The van der Waals surface area contributed by atoms with Gasteiger partial charge >= 0.3 is 6.18 Å². The molecule has 110 valence electrons. The number of alkyl halides is 3. The number of nitrogens with one attached hydrogen (secondary N) is 1. The zero-order chi connectivity index (χ0) is 14.0. The third-order valence-corrected chi connectivity index (χ3v) is 4.31. The highest BCUT2D eigenvalue weighted by atomic mass is 19.4. The average Bonchev–Trinajstić information content (AvgIpc) is 3.18. The van der Waals surface area contributed by atoms with Gasteiger partial charge in [-0.2, -0.15) is 13.2 Å². The molecule has 1 aliphatic carbocycles. The van der Waals surface area contributed by atoms with Gasteiger partial charge in [-0.3, -0.25) is 4.90 Å². The fourth-order valence-corrected chi connectivity index (χ4v) is 2.48. The number of rotatable bonds is 5. The molecule has 0 aromatic carbocycles. The maximum atomic E-state index is 12.5. The number of halogens is 3. The van der Waals surface area contributed by atoms with Crippen molar-refractivity contribution in [3.05, 3.63) is 11.6 Å². The van der Waals surface area contributed by atoms with Crippen LogP contribution < -0.4 is 5.32 Å².